The molecule has 2 aromatic rings. The molecule has 2 nitrogen and oxygen atoms in total. The molecule has 0 bridgehead atoms. The highest BCUT2D eigenvalue weighted by Crippen LogP contribution is 2.12. The van der Waals surface area contributed by atoms with Crippen LogP contribution in [0.4, 0.5) is 0 Å². The third kappa shape index (κ3) is 14.2. The van der Waals surface area contributed by atoms with Crippen LogP contribution in [0.2, 0.25) is 0 Å². The summed E-state index contributed by atoms with van der Waals surface area (Å²) in [5, 5.41) is 0. The van der Waals surface area contributed by atoms with Gasteiger partial charge >= 0.3 is 0 Å². The number of benzene rings is 2. The number of sulfone groups is 1. The van der Waals surface area contributed by atoms with Gasteiger partial charge in [-0.3, -0.25) is 0 Å². The lowest BCUT2D eigenvalue weighted by atomic mass is 10.0. The first-order chi connectivity index (χ1) is 12.8. The lowest BCUT2D eigenvalue weighted by Crippen LogP contribution is -2.11. The van der Waals surface area contributed by atoms with Crippen molar-refractivity contribution in [3.8, 4) is 0 Å². The monoisotopic (exact) mass is 392 g/mol. The maximum atomic E-state index is 11.6. The van der Waals surface area contributed by atoms with Gasteiger partial charge in [0, 0.05) is 0 Å². The van der Waals surface area contributed by atoms with Crippen LogP contribution < -0.4 is 0 Å². The first-order valence-electron chi connectivity index (χ1n) is 10.1. The first-order valence-corrected chi connectivity index (χ1v) is 11.8. The van der Waals surface area contributed by atoms with Gasteiger partial charge in [0.2, 0.25) is 0 Å². The first kappa shape index (κ1) is 27.6. The molecule has 0 saturated carbocycles. The Balaban J connectivity index is 0. The average molecular weight is 393 g/mol. The van der Waals surface area contributed by atoms with E-state index in [-0.39, 0.29) is 11.7 Å². The van der Waals surface area contributed by atoms with Crippen molar-refractivity contribution < 1.29 is 8.42 Å². The maximum absolute atomic E-state index is 11.6. The number of rotatable bonds is 5. The fourth-order valence-electron chi connectivity index (χ4n) is 2.25. The van der Waals surface area contributed by atoms with E-state index >= 15 is 0 Å². The van der Waals surface area contributed by atoms with E-state index in [9.17, 15) is 8.42 Å². The van der Waals surface area contributed by atoms with E-state index in [0.717, 1.165) is 5.92 Å². The van der Waals surface area contributed by atoms with Crippen molar-refractivity contribution in [3.63, 3.8) is 0 Å². The lowest BCUT2D eigenvalue weighted by Gasteiger charge is -2.05. The predicted molar refractivity (Wildman–Crippen MR) is 121 cm³/mol. The minimum atomic E-state index is -3.06. The molecule has 0 heterocycles. The molecule has 0 unspecified atom stereocenters. The summed E-state index contributed by atoms with van der Waals surface area (Å²) in [6.07, 6.45) is 1.20. The Kier molecular flexibility index (Phi) is 16.9. The molecule has 154 valence electrons. The highest BCUT2D eigenvalue weighted by Gasteiger charge is 2.14. The van der Waals surface area contributed by atoms with Crippen LogP contribution in [0.5, 0.6) is 0 Å². The standard InChI is InChI=1S/C10H14O2S.C10H14.2C2H6/c1-9(2)8-13(11,12)10-6-4-3-5-7-10;1-9(2)8-10-6-4-3-5-7-10;2*1-2/h3-7,9H,8H2,1-2H3;3-7,9H,8H2,1-2H3;2*1-2H3. The second-order valence-corrected chi connectivity index (χ2v) is 8.61. The van der Waals surface area contributed by atoms with Crippen molar-refractivity contribution in [2.75, 3.05) is 5.75 Å². The molecule has 0 fully saturated rings. The highest BCUT2D eigenvalue weighted by atomic mass is 32.2. The Morgan fingerprint density at radius 1 is 0.667 bits per heavy atom. The SMILES string of the molecule is CC.CC.CC(C)CS(=O)(=O)c1ccccc1.CC(C)Cc1ccccc1. The summed E-state index contributed by atoms with van der Waals surface area (Å²) < 4.78 is 23.3. The van der Waals surface area contributed by atoms with Crippen LogP contribution in [0.1, 0.15) is 61.0 Å². The van der Waals surface area contributed by atoms with Crippen LogP contribution in [0, 0.1) is 11.8 Å². The van der Waals surface area contributed by atoms with Gasteiger partial charge in [0.05, 0.1) is 10.6 Å². The molecule has 2 rings (SSSR count). The fourth-order valence-corrected chi connectivity index (χ4v) is 3.89. The van der Waals surface area contributed by atoms with Crippen molar-refractivity contribution in [1.29, 1.82) is 0 Å². The molecule has 0 radical (unpaired) electrons. The number of hydrogen-bond donors (Lipinski definition) is 0. The predicted octanol–water partition coefficient (Wildman–Crippen LogP) is 7.05. The quantitative estimate of drug-likeness (QED) is 0.546. The summed E-state index contributed by atoms with van der Waals surface area (Å²) in [4.78, 5) is 0.420. The van der Waals surface area contributed by atoms with Gasteiger partial charge in [-0.25, -0.2) is 8.42 Å². The van der Waals surface area contributed by atoms with E-state index in [2.05, 4.69) is 44.2 Å². The molecule has 0 aliphatic carbocycles. The van der Waals surface area contributed by atoms with Crippen molar-refractivity contribution in [1.82, 2.24) is 0 Å². The van der Waals surface area contributed by atoms with E-state index in [1.807, 2.05) is 47.6 Å². The zero-order valence-corrected chi connectivity index (χ0v) is 19.4. The van der Waals surface area contributed by atoms with Gasteiger partial charge < -0.3 is 0 Å². The zero-order valence-electron chi connectivity index (χ0n) is 18.6. The van der Waals surface area contributed by atoms with Crippen molar-refractivity contribution in [2.45, 2.75) is 66.7 Å². The third-order valence-electron chi connectivity index (χ3n) is 3.14. The second kappa shape index (κ2) is 16.6. The molecule has 0 aromatic heterocycles. The molecule has 27 heavy (non-hydrogen) atoms. The van der Waals surface area contributed by atoms with Crippen molar-refractivity contribution >= 4 is 9.84 Å². The van der Waals surface area contributed by atoms with Gasteiger partial charge in [0.25, 0.3) is 0 Å². The third-order valence-corrected chi connectivity index (χ3v) is 5.24. The van der Waals surface area contributed by atoms with Crippen LogP contribution in [-0.2, 0) is 16.3 Å². The molecule has 0 saturated heterocycles. The summed E-state index contributed by atoms with van der Waals surface area (Å²) in [7, 11) is -3.06. The Morgan fingerprint density at radius 2 is 1.07 bits per heavy atom. The summed E-state index contributed by atoms with van der Waals surface area (Å²) in [6.45, 7) is 16.3. The molecule has 2 aromatic carbocycles. The van der Waals surface area contributed by atoms with Gasteiger partial charge in [-0.15, -0.1) is 0 Å². The van der Waals surface area contributed by atoms with Crippen LogP contribution in [-0.4, -0.2) is 14.2 Å². The van der Waals surface area contributed by atoms with Gasteiger partial charge in [-0.05, 0) is 36.0 Å². The van der Waals surface area contributed by atoms with E-state index in [1.54, 1.807) is 24.3 Å². The molecule has 0 N–H and O–H groups in total. The average Bonchev–Trinajstić information content (AvgIpc) is 2.66. The van der Waals surface area contributed by atoms with Crippen LogP contribution in [0.3, 0.4) is 0 Å². The highest BCUT2D eigenvalue weighted by molar-refractivity contribution is 7.91. The topological polar surface area (TPSA) is 34.1 Å². The van der Waals surface area contributed by atoms with Crippen LogP contribution in [0.15, 0.2) is 65.6 Å². The largest absolute Gasteiger partial charge is 0.224 e. The van der Waals surface area contributed by atoms with Crippen molar-refractivity contribution in [2.24, 2.45) is 11.8 Å². The maximum Gasteiger partial charge on any atom is 0.178 e. The molecule has 0 spiro atoms. The molecule has 3 heteroatoms. The lowest BCUT2D eigenvalue weighted by molar-refractivity contribution is 0.582. The van der Waals surface area contributed by atoms with E-state index in [4.69, 9.17) is 0 Å². The normalized spacial score (nSPS) is 10.0. The Morgan fingerprint density at radius 3 is 1.44 bits per heavy atom. The summed E-state index contributed by atoms with van der Waals surface area (Å²) >= 11 is 0. The Bertz CT molecular complexity index is 645. The fraction of sp³-hybridized carbons (Fsp3) is 0.500. The minimum absolute atomic E-state index is 0.171. The zero-order chi connectivity index (χ0) is 21.3. The summed E-state index contributed by atoms with van der Waals surface area (Å²) in [5.41, 5.74) is 1.44. The van der Waals surface area contributed by atoms with Gasteiger partial charge in [0.15, 0.2) is 9.84 Å². The van der Waals surface area contributed by atoms with Gasteiger partial charge in [-0.1, -0.05) is 104 Å². The van der Waals surface area contributed by atoms with Gasteiger partial charge in [-0.2, -0.15) is 0 Å². The van der Waals surface area contributed by atoms with Crippen LogP contribution in [0.25, 0.3) is 0 Å². The summed E-state index contributed by atoms with van der Waals surface area (Å²) in [5.74, 6) is 1.16. The Labute approximate surface area is 169 Å². The second-order valence-electron chi connectivity index (χ2n) is 6.57. The molecule has 0 amide bonds. The molecule has 0 atom stereocenters. The molecule has 0 aliphatic rings. The minimum Gasteiger partial charge on any atom is -0.224 e. The molecular formula is C24H40O2S. The van der Waals surface area contributed by atoms with E-state index in [0.29, 0.717) is 4.90 Å². The molecule has 0 aliphatic heterocycles. The van der Waals surface area contributed by atoms with Crippen molar-refractivity contribution in [3.05, 3.63) is 66.2 Å². The Hall–Kier alpha value is -1.61. The van der Waals surface area contributed by atoms with Gasteiger partial charge in [0.1, 0.15) is 0 Å². The van der Waals surface area contributed by atoms with Crippen LogP contribution >= 0.6 is 0 Å². The smallest absolute Gasteiger partial charge is 0.178 e. The van der Waals surface area contributed by atoms with E-state index in [1.165, 1.54) is 12.0 Å². The van der Waals surface area contributed by atoms with E-state index < -0.39 is 9.84 Å². The number of hydrogen-bond acceptors (Lipinski definition) is 2. The summed E-state index contributed by atoms with van der Waals surface area (Å²) in [6, 6.07) is 19.2. The molecular weight excluding hydrogens is 352 g/mol.